The molecule has 1 heterocycles. The van der Waals surface area contributed by atoms with E-state index < -0.39 is 7.92 Å². The fourth-order valence-electron chi connectivity index (χ4n) is 4.61. The molecule has 1 nitrogen and oxygen atoms in total. The number of fused-ring (bicyclic) bond motifs is 3. The summed E-state index contributed by atoms with van der Waals surface area (Å²) in [6, 6.07) is 46.0. The minimum Gasteiger partial charge on any atom is -0.309 e. The van der Waals surface area contributed by atoms with Crippen LogP contribution in [0.4, 0.5) is 0 Å². The average molecular weight is 506 g/mol. The molecule has 0 spiro atoms. The summed E-state index contributed by atoms with van der Waals surface area (Å²) < 4.78 is 3.51. The second-order valence-corrected chi connectivity index (χ2v) is 11.2. The van der Waals surface area contributed by atoms with Gasteiger partial charge in [-0.15, -0.1) is 0 Å². The van der Waals surface area contributed by atoms with Gasteiger partial charge in [0.05, 0.1) is 11.0 Å². The SMILES string of the molecule is Brc1cccc(P(c2ccccc2)c2cccc(-n3c4ccccc4c4ccccc43)c2)c1. The van der Waals surface area contributed by atoms with Crippen molar-refractivity contribution in [3.05, 3.63) is 132 Å². The quantitative estimate of drug-likeness (QED) is 0.221. The van der Waals surface area contributed by atoms with Gasteiger partial charge in [-0.05, 0) is 60.2 Å². The van der Waals surface area contributed by atoms with Crippen molar-refractivity contribution in [1.29, 1.82) is 0 Å². The summed E-state index contributed by atoms with van der Waals surface area (Å²) in [5.74, 6) is 0. The largest absolute Gasteiger partial charge is 0.309 e. The molecule has 5 aromatic carbocycles. The highest BCUT2D eigenvalue weighted by Gasteiger charge is 2.18. The summed E-state index contributed by atoms with van der Waals surface area (Å²) in [6.07, 6.45) is 0. The van der Waals surface area contributed by atoms with E-state index in [1.807, 2.05) is 0 Å². The van der Waals surface area contributed by atoms with Gasteiger partial charge >= 0.3 is 0 Å². The maximum atomic E-state index is 3.68. The van der Waals surface area contributed by atoms with Gasteiger partial charge in [0, 0.05) is 20.9 Å². The summed E-state index contributed by atoms with van der Waals surface area (Å²) >= 11 is 3.68. The lowest BCUT2D eigenvalue weighted by molar-refractivity contribution is 1.18. The molecule has 33 heavy (non-hydrogen) atoms. The van der Waals surface area contributed by atoms with Crippen molar-refractivity contribution in [3.63, 3.8) is 0 Å². The Bertz CT molecular complexity index is 1530. The number of halogens is 1. The van der Waals surface area contributed by atoms with Crippen molar-refractivity contribution >= 4 is 61.6 Å². The molecule has 0 saturated carbocycles. The van der Waals surface area contributed by atoms with Crippen LogP contribution in [0.2, 0.25) is 0 Å². The highest BCUT2D eigenvalue weighted by molar-refractivity contribution is 9.10. The monoisotopic (exact) mass is 505 g/mol. The van der Waals surface area contributed by atoms with E-state index in [4.69, 9.17) is 0 Å². The second kappa shape index (κ2) is 8.63. The van der Waals surface area contributed by atoms with E-state index in [1.165, 1.54) is 43.4 Å². The first-order valence-corrected chi connectivity index (χ1v) is 13.1. The van der Waals surface area contributed by atoms with E-state index >= 15 is 0 Å². The molecule has 0 aliphatic heterocycles. The smallest absolute Gasteiger partial charge is 0.0541 e. The molecule has 0 N–H and O–H groups in total. The van der Waals surface area contributed by atoms with E-state index in [9.17, 15) is 0 Å². The lowest BCUT2D eigenvalue weighted by Crippen LogP contribution is -2.21. The van der Waals surface area contributed by atoms with Crippen LogP contribution in [0.5, 0.6) is 0 Å². The fraction of sp³-hybridized carbons (Fsp3) is 0. The number of hydrogen-bond donors (Lipinski definition) is 0. The summed E-state index contributed by atoms with van der Waals surface area (Å²) in [4.78, 5) is 0. The van der Waals surface area contributed by atoms with E-state index in [-0.39, 0.29) is 0 Å². The van der Waals surface area contributed by atoms with Crippen LogP contribution in [-0.4, -0.2) is 4.57 Å². The molecule has 0 aliphatic rings. The predicted molar refractivity (Wildman–Crippen MR) is 147 cm³/mol. The third kappa shape index (κ3) is 3.70. The highest BCUT2D eigenvalue weighted by Crippen LogP contribution is 2.36. The maximum absolute atomic E-state index is 3.68. The molecule has 6 aromatic rings. The lowest BCUT2D eigenvalue weighted by Gasteiger charge is -2.21. The number of benzene rings is 5. The Morgan fingerprint density at radius 3 is 1.70 bits per heavy atom. The van der Waals surface area contributed by atoms with Gasteiger partial charge in [0.2, 0.25) is 0 Å². The molecule has 0 aliphatic carbocycles. The molecule has 0 radical (unpaired) electrons. The molecule has 0 fully saturated rings. The third-order valence-corrected chi connectivity index (χ3v) is 8.90. The molecular weight excluding hydrogens is 485 g/mol. The number of rotatable bonds is 4. The number of aromatic nitrogens is 1. The van der Waals surface area contributed by atoms with Crippen LogP contribution in [0.25, 0.3) is 27.5 Å². The molecular formula is C30H21BrNP. The van der Waals surface area contributed by atoms with Crippen LogP contribution >= 0.6 is 23.9 Å². The molecule has 6 rings (SSSR count). The van der Waals surface area contributed by atoms with Crippen LogP contribution in [0, 0.1) is 0 Å². The van der Waals surface area contributed by atoms with Gasteiger partial charge in [-0.2, -0.15) is 0 Å². The Kier molecular flexibility index (Phi) is 5.34. The zero-order valence-electron chi connectivity index (χ0n) is 17.9. The van der Waals surface area contributed by atoms with Gasteiger partial charge in [0.15, 0.2) is 0 Å². The summed E-state index contributed by atoms with van der Waals surface area (Å²) in [6.45, 7) is 0. The van der Waals surface area contributed by atoms with Gasteiger partial charge in [0.1, 0.15) is 0 Å². The molecule has 3 heteroatoms. The molecule has 1 atom stereocenters. The minimum atomic E-state index is -0.684. The molecule has 1 unspecified atom stereocenters. The Morgan fingerprint density at radius 2 is 1.03 bits per heavy atom. The van der Waals surface area contributed by atoms with E-state index in [0.29, 0.717) is 0 Å². The first kappa shape index (κ1) is 20.4. The molecule has 0 saturated heterocycles. The third-order valence-electron chi connectivity index (χ3n) is 6.01. The molecule has 0 amide bonds. The minimum absolute atomic E-state index is 0.684. The summed E-state index contributed by atoms with van der Waals surface area (Å²) in [7, 11) is -0.684. The average Bonchev–Trinajstić information content (AvgIpc) is 3.20. The second-order valence-electron chi connectivity index (χ2n) is 8.04. The molecule has 1 aromatic heterocycles. The number of nitrogens with zero attached hydrogens (tertiary/aromatic N) is 1. The Hall–Kier alpha value is -3.19. The zero-order chi connectivity index (χ0) is 22.2. The highest BCUT2D eigenvalue weighted by atomic mass is 79.9. The molecule has 158 valence electrons. The molecule has 0 bridgehead atoms. The number of para-hydroxylation sites is 2. The normalized spacial score (nSPS) is 12.3. The summed E-state index contributed by atoms with van der Waals surface area (Å²) in [5, 5.41) is 6.61. The van der Waals surface area contributed by atoms with Crippen LogP contribution in [0.3, 0.4) is 0 Å². The maximum Gasteiger partial charge on any atom is 0.0541 e. The van der Waals surface area contributed by atoms with Crippen molar-refractivity contribution < 1.29 is 0 Å². The summed E-state index contributed by atoms with van der Waals surface area (Å²) in [5.41, 5.74) is 3.67. The topological polar surface area (TPSA) is 4.93 Å². The van der Waals surface area contributed by atoms with Crippen LogP contribution < -0.4 is 15.9 Å². The van der Waals surface area contributed by atoms with E-state index in [1.54, 1.807) is 0 Å². The van der Waals surface area contributed by atoms with Crippen molar-refractivity contribution in [2.75, 3.05) is 0 Å². The van der Waals surface area contributed by atoms with Crippen LogP contribution in [-0.2, 0) is 0 Å². The lowest BCUT2D eigenvalue weighted by atomic mass is 10.2. The number of hydrogen-bond acceptors (Lipinski definition) is 0. The van der Waals surface area contributed by atoms with Gasteiger partial charge in [-0.1, -0.05) is 107 Å². The fourth-order valence-corrected chi connectivity index (χ4v) is 7.55. The van der Waals surface area contributed by atoms with E-state index in [2.05, 4.69) is 148 Å². The first-order chi connectivity index (χ1) is 16.3. The van der Waals surface area contributed by atoms with E-state index in [0.717, 1.165) is 4.47 Å². The standard InChI is InChI=1S/C30H21BrNP/c31-22-10-8-14-25(20-22)33(24-12-2-1-3-13-24)26-15-9-11-23(21-26)32-29-18-6-4-16-27(29)28-17-5-7-19-30(28)32/h1-21H. The van der Waals surface area contributed by atoms with Crippen molar-refractivity contribution in [2.24, 2.45) is 0 Å². The Morgan fingerprint density at radius 1 is 0.485 bits per heavy atom. The predicted octanol–water partition coefficient (Wildman–Crippen LogP) is 7.30. The van der Waals surface area contributed by atoms with Crippen molar-refractivity contribution in [3.8, 4) is 5.69 Å². The van der Waals surface area contributed by atoms with Gasteiger partial charge in [0.25, 0.3) is 0 Å². The van der Waals surface area contributed by atoms with Crippen molar-refractivity contribution in [2.45, 2.75) is 0 Å². The zero-order valence-corrected chi connectivity index (χ0v) is 20.4. The Balaban J connectivity index is 1.59. The Labute approximate surface area is 203 Å². The van der Waals surface area contributed by atoms with Crippen LogP contribution in [0.15, 0.2) is 132 Å². The van der Waals surface area contributed by atoms with Gasteiger partial charge < -0.3 is 4.57 Å². The van der Waals surface area contributed by atoms with Gasteiger partial charge in [-0.3, -0.25) is 0 Å². The van der Waals surface area contributed by atoms with Crippen molar-refractivity contribution in [1.82, 2.24) is 4.57 Å². The first-order valence-electron chi connectivity index (χ1n) is 11.0. The van der Waals surface area contributed by atoms with Gasteiger partial charge in [-0.25, -0.2) is 0 Å². The van der Waals surface area contributed by atoms with Crippen LogP contribution in [0.1, 0.15) is 0 Å².